The summed E-state index contributed by atoms with van der Waals surface area (Å²) in [6, 6.07) is 0. The average molecular weight is 276 g/mol. The van der Waals surface area contributed by atoms with Crippen LogP contribution in [0.1, 0.15) is 0 Å². The van der Waals surface area contributed by atoms with E-state index in [0.29, 0.717) is 26.6 Å². The van der Waals surface area contributed by atoms with Gasteiger partial charge in [-0.2, -0.15) is 0 Å². The van der Waals surface area contributed by atoms with E-state index >= 15 is 0 Å². The van der Waals surface area contributed by atoms with Crippen molar-refractivity contribution in [3.05, 3.63) is 0 Å². The van der Waals surface area contributed by atoms with Gasteiger partial charge in [0.25, 0.3) is 0 Å². The van der Waals surface area contributed by atoms with E-state index in [-0.39, 0.29) is 0 Å². The Kier molecular flexibility index (Phi) is 6.69. The van der Waals surface area contributed by atoms with Crippen LogP contribution in [0.5, 0.6) is 0 Å². The normalized spacial score (nSPS) is 9.17. The van der Waals surface area contributed by atoms with E-state index in [9.17, 15) is 0 Å². The summed E-state index contributed by atoms with van der Waals surface area (Å²) in [7, 11) is 1.67. The van der Waals surface area contributed by atoms with E-state index in [1.54, 1.807) is 7.11 Å². The van der Waals surface area contributed by atoms with E-state index in [2.05, 4.69) is 4.74 Å². The Bertz CT molecular complexity index is 20.8. The van der Waals surface area contributed by atoms with Crippen LogP contribution in [0, 0.1) is 0 Å². The molecule has 0 aromatic heterocycles. The maximum absolute atomic E-state index is 4.85. The zero-order chi connectivity index (χ0) is 4.83. The molecule has 0 heterocycles. The minimum absolute atomic E-state index is 0.492. The first-order valence-corrected chi connectivity index (χ1v) is 4.02. The number of methoxy groups -OCH3 is 1. The molecule has 0 N–H and O–H groups in total. The van der Waals surface area contributed by atoms with E-state index in [1.807, 2.05) is 0 Å². The minimum atomic E-state index is 0.492. The summed E-state index contributed by atoms with van der Waals surface area (Å²) in [5.74, 6) is 0. The van der Waals surface area contributed by atoms with Crippen molar-refractivity contribution in [2.24, 2.45) is 0 Å². The van der Waals surface area contributed by atoms with Crippen molar-refractivity contribution in [3.8, 4) is 0 Å². The number of ether oxygens (including phenoxy) is 1. The molecule has 0 aromatic carbocycles. The third kappa shape index (κ3) is 4.86. The molecule has 0 rings (SSSR count). The second-order valence-corrected chi connectivity index (χ2v) is 2.49. The zero-order valence-electron chi connectivity index (χ0n) is 3.94. The molecule has 0 unspecified atom stereocenters. The Morgan fingerprint density at radius 3 is 2.33 bits per heavy atom. The van der Waals surface area contributed by atoms with Gasteiger partial charge in [0.2, 0.25) is 0 Å². The molecule has 0 aliphatic carbocycles. The van der Waals surface area contributed by atoms with Crippen LogP contribution in [0.25, 0.3) is 0 Å². The Hall–Kier alpha value is 0.855. The molecule has 6 heavy (non-hydrogen) atoms. The van der Waals surface area contributed by atoms with Crippen molar-refractivity contribution in [3.63, 3.8) is 0 Å². The van der Waals surface area contributed by atoms with Crippen LogP contribution < -0.4 is 0 Å². The van der Waals surface area contributed by atoms with Gasteiger partial charge >= 0.3 is 54.3 Å². The average Bonchev–Trinajstić information content (AvgIpc) is 1.61. The SMILES string of the molecule is COCC[O][Hg]. The second kappa shape index (κ2) is 5.86. The first-order valence-electron chi connectivity index (χ1n) is 1.77. The van der Waals surface area contributed by atoms with E-state index in [0.717, 1.165) is 13.2 Å². The molecule has 0 aliphatic rings. The second-order valence-electron chi connectivity index (χ2n) is 0.901. The first-order chi connectivity index (χ1) is 2.91. The Morgan fingerprint density at radius 2 is 2.17 bits per heavy atom. The van der Waals surface area contributed by atoms with E-state index in [4.69, 9.17) is 2.64 Å². The molecule has 0 bridgehead atoms. The fraction of sp³-hybridized carbons (Fsp3) is 1.00. The molecule has 2 nitrogen and oxygen atoms in total. The summed E-state index contributed by atoms with van der Waals surface area (Å²) in [6.07, 6.45) is 0. The summed E-state index contributed by atoms with van der Waals surface area (Å²) >= 11 is 0.492. The third-order valence-electron chi connectivity index (χ3n) is 0.432. The van der Waals surface area contributed by atoms with Crippen molar-refractivity contribution in [2.45, 2.75) is 0 Å². The Morgan fingerprint density at radius 1 is 1.50 bits per heavy atom. The predicted octanol–water partition coefficient (Wildman–Crippen LogP) is 0.111. The molecule has 0 fully saturated rings. The van der Waals surface area contributed by atoms with Gasteiger partial charge in [-0.25, -0.2) is 0 Å². The van der Waals surface area contributed by atoms with Gasteiger partial charge in [-0.1, -0.05) is 0 Å². The molecule has 0 amide bonds. The van der Waals surface area contributed by atoms with Crippen molar-refractivity contribution in [1.82, 2.24) is 0 Å². The van der Waals surface area contributed by atoms with Crippen LogP contribution >= 0.6 is 0 Å². The van der Waals surface area contributed by atoms with Crippen molar-refractivity contribution in [1.29, 1.82) is 0 Å². The van der Waals surface area contributed by atoms with Gasteiger partial charge in [0.05, 0.1) is 0 Å². The summed E-state index contributed by atoms with van der Waals surface area (Å²) in [5.41, 5.74) is 0. The van der Waals surface area contributed by atoms with Gasteiger partial charge < -0.3 is 0 Å². The zero-order valence-corrected chi connectivity index (χ0v) is 9.44. The Balaban J connectivity index is 2.34. The molecule has 0 spiro atoms. The molecule has 3 heteroatoms. The van der Waals surface area contributed by atoms with Crippen LogP contribution in [0.4, 0.5) is 0 Å². The number of rotatable bonds is 3. The first kappa shape index (κ1) is 6.86. The van der Waals surface area contributed by atoms with E-state index in [1.165, 1.54) is 0 Å². The molecule has 0 saturated carbocycles. The molecule has 33 valence electrons. The number of hydrogen-bond donors (Lipinski definition) is 0. The van der Waals surface area contributed by atoms with Crippen LogP contribution in [-0.4, -0.2) is 20.3 Å². The van der Waals surface area contributed by atoms with Crippen molar-refractivity contribution in [2.75, 3.05) is 20.3 Å². The molecule has 0 saturated heterocycles. The summed E-state index contributed by atoms with van der Waals surface area (Å²) in [6.45, 7) is 1.52. The third-order valence-corrected chi connectivity index (χ3v) is 1.55. The van der Waals surface area contributed by atoms with Gasteiger partial charge in [0.1, 0.15) is 0 Å². The van der Waals surface area contributed by atoms with E-state index < -0.39 is 0 Å². The van der Waals surface area contributed by atoms with Crippen molar-refractivity contribution < 1.29 is 34.0 Å². The van der Waals surface area contributed by atoms with Crippen LogP contribution in [0.3, 0.4) is 0 Å². The van der Waals surface area contributed by atoms with Crippen LogP contribution in [0.15, 0.2) is 0 Å². The fourth-order valence-electron chi connectivity index (χ4n) is 0.142. The fourth-order valence-corrected chi connectivity index (χ4v) is 0.600. The molecular weight excluding hydrogens is 269 g/mol. The molecule has 0 atom stereocenters. The topological polar surface area (TPSA) is 18.5 Å². The van der Waals surface area contributed by atoms with Gasteiger partial charge in [-0.15, -0.1) is 0 Å². The monoisotopic (exact) mass is 277 g/mol. The van der Waals surface area contributed by atoms with Gasteiger partial charge in [0, 0.05) is 0 Å². The summed E-state index contributed by atoms with van der Waals surface area (Å²) < 4.78 is 9.54. The van der Waals surface area contributed by atoms with Crippen LogP contribution in [0.2, 0.25) is 0 Å². The molecule has 0 radical (unpaired) electrons. The maximum atomic E-state index is 4.85. The standard InChI is InChI=1S/C3H7O2.Hg/c1-5-3-2-4;/h2-3H2,1H3;/q-1;+1. The number of hydrogen-bond acceptors (Lipinski definition) is 2. The quantitative estimate of drug-likeness (QED) is 0.538. The molecular formula is C3H7HgO2. The van der Waals surface area contributed by atoms with Crippen molar-refractivity contribution >= 4 is 0 Å². The molecule has 0 aliphatic heterocycles. The van der Waals surface area contributed by atoms with Gasteiger partial charge in [-0.3, -0.25) is 0 Å². The predicted molar refractivity (Wildman–Crippen MR) is 17.8 cm³/mol. The van der Waals surface area contributed by atoms with Gasteiger partial charge in [0.15, 0.2) is 0 Å². The summed E-state index contributed by atoms with van der Waals surface area (Å²) in [5, 5.41) is 0. The summed E-state index contributed by atoms with van der Waals surface area (Å²) in [4.78, 5) is 0. The Labute approximate surface area is 54.5 Å². The van der Waals surface area contributed by atoms with Gasteiger partial charge in [-0.05, 0) is 0 Å². The van der Waals surface area contributed by atoms with Crippen LogP contribution in [-0.2, 0) is 34.0 Å². The molecule has 0 aromatic rings.